The molecular formula is C22H20N2O2S. The largest absolute Gasteiger partial charge is 0.467 e. The van der Waals surface area contributed by atoms with Gasteiger partial charge in [-0.05, 0) is 56.2 Å². The number of benzene rings is 2. The Morgan fingerprint density at radius 2 is 1.93 bits per heavy atom. The summed E-state index contributed by atoms with van der Waals surface area (Å²) >= 11 is 1.53. The zero-order valence-corrected chi connectivity index (χ0v) is 16.3. The Morgan fingerprint density at radius 1 is 1.07 bits per heavy atom. The van der Waals surface area contributed by atoms with Gasteiger partial charge in [0.25, 0.3) is 5.91 Å². The number of carbonyl (C=O) groups excluding carboxylic acids is 1. The van der Waals surface area contributed by atoms with Gasteiger partial charge >= 0.3 is 0 Å². The predicted octanol–water partition coefficient (Wildman–Crippen LogP) is 5.66. The first-order chi connectivity index (χ1) is 13.0. The van der Waals surface area contributed by atoms with Crippen LogP contribution in [0.2, 0.25) is 0 Å². The molecule has 27 heavy (non-hydrogen) atoms. The van der Waals surface area contributed by atoms with E-state index in [1.807, 2.05) is 69.3 Å². The summed E-state index contributed by atoms with van der Waals surface area (Å²) in [6, 6.07) is 15.7. The molecule has 0 fully saturated rings. The third-order valence-corrected chi connectivity index (χ3v) is 5.64. The molecule has 0 unspecified atom stereocenters. The van der Waals surface area contributed by atoms with Gasteiger partial charge in [0.2, 0.25) is 0 Å². The summed E-state index contributed by atoms with van der Waals surface area (Å²) in [7, 11) is 0. The van der Waals surface area contributed by atoms with Gasteiger partial charge in [-0.3, -0.25) is 9.69 Å². The second-order valence-electron chi connectivity index (χ2n) is 6.71. The average Bonchev–Trinajstić information content (AvgIpc) is 3.29. The minimum atomic E-state index is -0.0689. The number of aryl methyl sites for hydroxylation is 3. The van der Waals surface area contributed by atoms with Crippen LogP contribution in [0.3, 0.4) is 0 Å². The van der Waals surface area contributed by atoms with Crippen LogP contribution in [-0.4, -0.2) is 10.9 Å². The summed E-state index contributed by atoms with van der Waals surface area (Å²) < 4.78 is 6.57. The first kappa shape index (κ1) is 17.5. The van der Waals surface area contributed by atoms with Gasteiger partial charge in [0, 0.05) is 5.56 Å². The van der Waals surface area contributed by atoms with Crippen molar-refractivity contribution < 1.29 is 9.21 Å². The highest BCUT2D eigenvalue weighted by Gasteiger charge is 2.24. The van der Waals surface area contributed by atoms with E-state index in [1.54, 1.807) is 11.2 Å². The summed E-state index contributed by atoms with van der Waals surface area (Å²) in [5, 5.41) is 0.681. The highest BCUT2D eigenvalue weighted by molar-refractivity contribution is 7.22. The Balaban J connectivity index is 1.80. The maximum absolute atomic E-state index is 13.4. The number of carbonyl (C=O) groups is 1. The van der Waals surface area contributed by atoms with Crippen molar-refractivity contribution >= 4 is 32.6 Å². The molecule has 0 aliphatic rings. The Bertz CT molecular complexity index is 1110. The number of anilines is 1. The molecule has 0 bridgehead atoms. The minimum absolute atomic E-state index is 0.0689. The molecule has 0 aliphatic carbocycles. The lowest BCUT2D eigenvalue weighted by atomic mass is 10.0. The number of amides is 1. The van der Waals surface area contributed by atoms with Gasteiger partial charge in [-0.1, -0.05) is 41.2 Å². The van der Waals surface area contributed by atoms with Gasteiger partial charge in [-0.25, -0.2) is 4.98 Å². The molecule has 0 N–H and O–H groups in total. The van der Waals surface area contributed by atoms with Crippen molar-refractivity contribution in [1.82, 2.24) is 4.98 Å². The van der Waals surface area contributed by atoms with Gasteiger partial charge in [0.05, 0.1) is 23.0 Å². The van der Waals surface area contributed by atoms with Crippen LogP contribution in [0.5, 0.6) is 0 Å². The number of para-hydroxylation sites is 1. The molecule has 4 aromatic rings. The monoisotopic (exact) mass is 376 g/mol. The molecule has 0 atom stereocenters. The highest BCUT2D eigenvalue weighted by Crippen LogP contribution is 2.32. The van der Waals surface area contributed by atoms with Crippen molar-refractivity contribution in [3.8, 4) is 0 Å². The summed E-state index contributed by atoms with van der Waals surface area (Å²) in [5.74, 6) is 0.657. The molecule has 5 heteroatoms. The Hall–Kier alpha value is -2.92. The van der Waals surface area contributed by atoms with Crippen LogP contribution >= 0.6 is 11.3 Å². The summed E-state index contributed by atoms with van der Waals surface area (Å²) in [6.45, 7) is 6.37. The molecule has 136 valence electrons. The van der Waals surface area contributed by atoms with Crippen LogP contribution in [0.1, 0.15) is 32.8 Å². The molecule has 0 saturated carbocycles. The number of furan rings is 1. The molecule has 2 aromatic carbocycles. The fourth-order valence-electron chi connectivity index (χ4n) is 3.17. The second-order valence-corrected chi connectivity index (χ2v) is 7.72. The average molecular weight is 376 g/mol. The number of hydrogen-bond donors (Lipinski definition) is 0. The fraction of sp³-hybridized carbons (Fsp3) is 0.182. The number of fused-ring (bicyclic) bond motifs is 1. The van der Waals surface area contributed by atoms with Crippen LogP contribution in [0.25, 0.3) is 10.2 Å². The quantitative estimate of drug-likeness (QED) is 0.461. The zero-order chi connectivity index (χ0) is 19.0. The van der Waals surface area contributed by atoms with Crippen molar-refractivity contribution in [2.75, 3.05) is 4.90 Å². The molecule has 1 amide bonds. The summed E-state index contributed by atoms with van der Waals surface area (Å²) in [4.78, 5) is 19.9. The third-order valence-electron chi connectivity index (χ3n) is 4.59. The van der Waals surface area contributed by atoms with Crippen molar-refractivity contribution in [2.24, 2.45) is 0 Å². The minimum Gasteiger partial charge on any atom is -0.467 e. The number of rotatable bonds is 4. The molecule has 2 aromatic heterocycles. The molecular weight excluding hydrogens is 356 g/mol. The van der Waals surface area contributed by atoms with Gasteiger partial charge in [0.1, 0.15) is 5.76 Å². The summed E-state index contributed by atoms with van der Waals surface area (Å²) in [5.41, 5.74) is 4.82. The fourth-order valence-corrected chi connectivity index (χ4v) is 4.21. The Morgan fingerprint density at radius 3 is 2.63 bits per heavy atom. The van der Waals surface area contributed by atoms with E-state index < -0.39 is 0 Å². The van der Waals surface area contributed by atoms with Crippen LogP contribution < -0.4 is 4.90 Å². The molecule has 4 rings (SSSR count). The normalized spacial score (nSPS) is 11.1. The molecule has 2 heterocycles. The van der Waals surface area contributed by atoms with Crippen molar-refractivity contribution in [1.29, 1.82) is 0 Å². The van der Waals surface area contributed by atoms with Gasteiger partial charge < -0.3 is 4.42 Å². The zero-order valence-electron chi connectivity index (χ0n) is 15.5. The van der Waals surface area contributed by atoms with Gasteiger partial charge in [0.15, 0.2) is 5.13 Å². The van der Waals surface area contributed by atoms with E-state index in [1.165, 1.54) is 11.3 Å². The van der Waals surface area contributed by atoms with E-state index in [-0.39, 0.29) is 5.91 Å². The van der Waals surface area contributed by atoms with Gasteiger partial charge in [-0.2, -0.15) is 0 Å². The summed E-state index contributed by atoms with van der Waals surface area (Å²) in [6.07, 6.45) is 1.62. The molecule has 0 radical (unpaired) electrons. The Labute approximate surface area is 162 Å². The van der Waals surface area contributed by atoms with E-state index >= 15 is 0 Å². The smallest absolute Gasteiger partial charge is 0.260 e. The molecule has 4 nitrogen and oxygen atoms in total. The number of thiazole rings is 1. The Kier molecular flexibility index (Phi) is 4.54. The number of hydrogen-bond acceptors (Lipinski definition) is 4. The second kappa shape index (κ2) is 7.00. The lowest BCUT2D eigenvalue weighted by Gasteiger charge is -2.20. The first-order valence-corrected chi connectivity index (χ1v) is 9.62. The molecule has 0 aliphatic heterocycles. The van der Waals surface area contributed by atoms with Crippen LogP contribution in [-0.2, 0) is 6.54 Å². The van der Waals surface area contributed by atoms with Gasteiger partial charge in [-0.15, -0.1) is 0 Å². The third kappa shape index (κ3) is 3.38. The first-order valence-electron chi connectivity index (χ1n) is 8.80. The van der Waals surface area contributed by atoms with Crippen molar-refractivity contribution in [3.63, 3.8) is 0 Å². The molecule has 0 saturated heterocycles. The topological polar surface area (TPSA) is 46.3 Å². The lowest BCUT2D eigenvalue weighted by Crippen LogP contribution is -2.30. The van der Waals surface area contributed by atoms with Crippen LogP contribution in [0, 0.1) is 20.8 Å². The maximum Gasteiger partial charge on any atom is 0.260 e. The SMILES string of the molecule is Cc1ccc(C(=O)N(Cc2ccco2)c2nc3c(C)cccc3s2)c(C)c1. The van der Waals surface area contributed by atoms with Crippen molar-refractivity contribution in [3.05, 3.63) is 82.8 Å². The number of aromatic nitrogens is 1. The van der Waals surface area contributed by atoms with E-state index in [0.29, 0.717) is 17.2 Å². The van der Waals surface area contributed by atoms with E-state index in [0.717, 1.165) is 32.7 Å². The molecule has 0 spiro atoms. The maximum atomic E-state index is 13.4. The van der Waals surface area contributed by atoms with E-state index in [2.05, 4.69) is 0 Å². The van der Waals surface area contributed by atoms with Crippen LogP contribution in [0.4, 0.5) is 5.13 Å². The van der Waals surface area contributed by atoms with E-state index in [4.69, 9.17) is 9.40 Å². The number of nitrogens with zero attached hydrogens (tertiary/aromatic N) is 2. The lowest BCUT2D eigenvalue weighted by molar-refractivity contribution is 0.0982. The van der Waals surface area contributed by atoms with Crippen molar-refractivity contribution in [2.45, 2.75) is 27.3 Å². The predicted molar refractivity (Wildman–Crippen MR) is 109 cm³/mol. The van der Waals surface area contributed by atoms with E-state index in [9.17, 15) is 4.79 Å². The van der Waals surface area contributed by atoms with Crippen LogP contribution in [0.15, 0.2) is 59.2 Å². The standard InChI is InChI=1S/C22H20N2O2S/c1-14-9-10-18(16(3)12-14)21(25)24(13-17-7-5-11-26-17)22-23-20-15(2)6-4-8-19(20)27-22/h4-12H,13H2,1-3H3. The highest BCUT2D eigenvalue weighted by atomic mass is 32.1.